The van der Waals surface area contributed by atoms with Gasteiger partial charge in [0.2, 0.25) is 0 Å². The van der Waals surface area contributed by atoms with Crippen LogP contribution >= 0.6 is 11.6 Å². The molecule has 3 rings (SSSR count). The van der Waals surface area contributed by atoms with E-state index >= 15 is 0 Å². The molecule has 3 aromatic rings. The lowest BCUT2D eigenvalue weighted by molar-refractivity contribution is -0.118. The highest BCUT2D eigenvalue weighted by molar-refractivity contribution is 6.32. The first kappa shape index (κ1) is 26.1. The van der Waals surface area contributed by atoms with Crippen molar-refractivity contribution in [3.63, 3.8) is 0 Å². The van der Waals surface area contributed by atoms with E-state index in [1.807, 2.05) is 25.1 Å². The zero-order valence-corrected chi connectivity index (χ0v) is 20.4. The van der Waals surface area contributed by atoms with Crippen LogP contribution in [0.1, 0.15) is 18.1 Å². The van der Waals surface area contributed by atoms with E-state index < -0.39 is 5.91 Å². The van der Waals surface area contributed by atoms with Crippen LogP contribution in [0.25, 0.3) is 6.08 Å². The Morgan fingerprint density at radius 3 is 2.31 bits per heavy atom. The molecule has 0 aromatic heterocycles. The first-order chi connectivity index (χ1) is 17.3. The van der Waals surface area contributed by atoms with Crippen LogP contribution in [0.4, 0.5) is 11.4 Å². The van der Waals surface area contributed by atoms with Crippen LogP contribution in [0.2, 0.25) is 5.02 Å². The summed E-state index contributed by atoms with van der Waals surface area (Å²) in [5, 5.41) is 24.3. The molecule has 184 valence electrons. The lowest BCUT2D eigenvalue weighted by Crippen LogP contribution is -2.20. The summed E-state index contributed by atoms with van der Waals surface area (Å²) in [5.41, 5.74) is 2.38. The summed E-state index contributed by atoms with van der Waals surface area (Å²) in [5.74, 6) is -0.529. The number of carbonyl (C=O) groups is 2. The Morgan fingerprint density at radius 2 is 1.67 bits per heavy atom. The molecule has 0 saturated carbocycles. The van der Waals surface area contributed by atoms with Crippen molar-refractivity contribution in [2.45, 2.75) is 13.8 Å². The second kappa shape index (κ2) is 12.3. The Hall–Kier alpha value is -4.48. The summed E-state index contributed by atoms with van der Waals surface area (Å²) >= 11 is 6.41. The van der Waals surface area contributed by atoms with Gasteiger partial charge in [-0.15, -0.1) is 0 Å². The van der Waals surface area contributed by atoms with Gasteiger partial charge in [-0.1, -0.05) is 29.3 Å². The number of ether oxygens (including phenoxy) is 2. The number of nitrogens with zero attached hydrogens (tertiary/aromatic N) is 1. The molecule has 0 spiro atoms. The molecule has 0 unspecified atom stereocenters. The Balaban J connectivity index is 1.76. The fraction of sp³-hybridized carbons (Fsp3) is 0.148. The smallest absolute Gasteiger partial charge is 0.266 e. The second-order valence-corrected chi connectivity index (χ2v) is 8.04. The number of anilines is 2. The Morgan fingerprint density at radius 1 is 1.03 bits per heavy atom. The average Bonchev–Trinajstić information content (AvgIpc) is 2.85. The number of aryl methyl sites for hydroxylation is 1. The lowest BCUT2D eigenvalue weighted by Gasteiger charge is -2.15. The summed E-state index contributed by atoms with van der Waals surface area (Å²) in [6.45, 7) is 3.71. The third kappa shape index (κ3) is 7.26. The number of halogens is 1. The number of phenolic OH excluding ortho intramolecular Hbond substituents is 1. The fourth-order valence-corrected chi connectivity index (χ4v) is 3.38. The molecule has 0 aliphatic carbocycles. The minimum atomic E-state index is -0.634. The Labute approximate surface area is 213 Å². The van der Waals surface area contributed by atoms with Crippen molar-refractivity contribution in [1.82, 2.24) is 0 Å². The molecule has 0 fully saturated rings. The largest absolute Gasteiger partial charge is 0.508 e. The van der Waals surface area contributed by atoms with Gasteiger partial charge in [0.1, 0.15) is 17.4 Å². The average molecular weight is 506 g/mol. The van der Waals surface area contributed by atoms with E-state index in [1.54, 1.807) is 25.1 Å². The van der Waals surface area contributed by atoms with Gasteiger partial charge in [-0.05, 0) is 74.0 Å². The quantitative estimate of drug-likeness (QED) is 0.206. The first-order valence-corrected chi connectivity index (χ1v) is 11.3. The lowest BCUT2D eigenvalue weighted by atomic mass is 10.1. The number of hydrogen-bond donors (Lipinski definition) is 3. The van der Waals surface area contributed by atoms with E-state index in [9.17, 15) is 20.0 Å². The Kier molecular flexibility index (Phi) is 8.92. The van der Waals surface area contributed by atoms with Crippen molar-refractivity contribution in [3.05, 3.63) is 82.4 Å². The summed E-state index contributed by atoms with van der Waals surface area (Å²) in [7, 11) is 0. The fourth-order valence-electron chi connectivity index (χ4n) is 3.10. The molecule has 2 amide bonds. The van der Waals surface area contributed by atoms with E-state index in [2.05, 4.69) is 10.6 Å². The number of benzene rings is 3. The van der Waals surface area contributed by atoms with Crippen LogP contribution in [-0.4, -0.2) is 30.1 Å². The maximum atomic E-state index is 12.5. The van der Waals surface area contributed by atoms with Crippen LogP contribution in [0.15, 0.2) is 66.2 Å². The van der Waals surface area contributed by atoms with Crippen LogP contribution in [-0.2, 0) is 9.59 Å². The van der Waals surface area contributed by atoms with Crippen molar-refractivity contribution in [2.75, 3.05) is 23.8 Å². The van der Waals surface area contributed by atoms with E-state index in [-0.39, 0.29) is 40.4 Å². The molecule has 3 N–H and O–H groups in total. The normalized spacial score (nSPS) is 10.8. The van der Waals surface area contributed by atoms with E-state index in [1.165, 1.54) is 36.4 Å². The predicted octanol–water partition coefficient (Wildman–Crippen LogP) is 5.32. The van der Waals surface area contributed by atoms with Crippen LogP contribution in [0.5, 0.6) is 17.2 Å². The number of nitrogens with one attached hydrogen (secondary N) is 2. The molecule has 0 saturated heterocycles. The highest BCUT2D eigenvalue weighted by Crippen LogP contribution is 2.37. The number of hydrogen-bond acceptors (Lipinski definition) is 6. The molecule has 0 atom stereocenters. The van der Waals surface area contributed by atoms with Crippen molar-refractivity contribution in [2.24, 2.45) is 0 Å². The Bertz CT molecular complexity index is 1310. The van der Waals surface area contributed by atoms with E-state index in [0.29, 0.717) is 23.5 Å². The van der Waals surface area contributed by atoms with Gasteiger partial charge in [-0.3, -0.25) is 9.59 Å². The standard InChI is InChI=1S/C27H24ClN3O5/c1-3-35-24-14-18(12-19(15-29)27(34)31-21-8-10-22(32)11-9-21)13-23(28)26(24)36-16-25(33)30-20-6-4-17(2)5-7-20/h4-14,32H,3,16H2,1-2H3,(H,30,33)(H,31,34)/b19-12+. The monoisotopic (exact) mass is 505 g/mol. The molecule has 0 radical (unpaired) electrons. The zero-order chi connectivity index (χ0) is 26.1. The highest BCUT2D eigenvalue weighted by atomic mass is 35.5. The minimum Gasteiger partial charge on any atom is -0.508 e. The van der Waals surface area contributed by atoms with Gasteiger partial charge in [0.25, 0.3) is 11.8 Å². The summed E-state index contributed by atoms with van der Waals surface area (Å²) in [6.07, 6.45) is 1.36. The van der Waals surface area contributed by atoms with Crippen molar-refractivity contribution in [1.29, 1.82) is 5.26 Å². The van der Waals surface area contributed by atoms with Crippen molar-refractivity contribution in [3.8, 4) is 23.3 Å². The molecule has 0 aliphatic rings. The van der Waals surface area contributed by atoms with Gasteiger partial charge in [-0.2, -0.15) is 5.26 Å². The summed E-state index contributed by atoms with van der Waals surface area (Å²) < 4.78 is 11.3. The first-order valence-electron chi connectivity index (χ1n) is 11.0. The van der Waals surface area contributed by atoms with Crippen LogP contribution in [0.3, 0.4) is 0 Å². The number of carbonyl (C=O) groups excluding carboxylic acids is 2. The van der Waals surface area contributed by atoms with E-state index in [0.717, 1.165) is 5.56 Å². The summed E-state index contributed by atoms with van der Waals surface area (Å²) in [6, 6.07) is 18.1. The SMILES string of the molecule is CCOc1cc(/C=C(\C#N)C(=O)Nc2ccc(O)cc2)cc(Cl)c1OCC(=O)Nc1ccc(C)cc1. The van der Waals surface area contributed by atoms with Crippen molar-refractivity contribution < 1.29 is 24.2 Å². The third-order valence-corrected chi connectivity index (χ3v) is 5.10. The maximum Gasteiger partial charge on any atom is 0.266 e. The van der Waals surface area contributed by atoms with Gasteiger partial charge in [0, 0.05) is 11.4 Å². The highest BCUT2D eigenvalue weighted by Gasteiger charge is 2.16. The molecular weight excluding hydrogens is 482 g/mol. The second-order valence-electron chi connectivity index (χ2n) is 7.64. The van der Waals surface area contributed by atoms with Gasteiger partial charge in [0.05, 0.1) is 11.6 Å². The predicted molar refractivity (Wildman–Crippen MR) is 138 cm³/mol. The van der Waals surface area contributed by atoms with Gasteiger partial charge >= 0.3 is 0 Å². The number of rotatable bonds is 9. The zero-order valence-electron chi connectivity index (χ0n) is 19.7. The molecule has 0 heterocycles. The van der Waals surface area contributed by atoms with Crippen LogP contribution in [0, 0.1) is 18.3 Å². The third-order valence-electron chi connectivity index (χ3n) is 4.82. The van der Waals surface area contributed by atoms with Gasteiger partial charge in [-0.25, -0.2) is 0 Å². The van der Waals surface area contributed by atoms with Crippen molar-refractivity contribution >= 4 is 40.9 Å². The van der Waals surface area contributed by atoms with Crippen LogP contribution < -0.4 is 20.1 Å². The molecule has 9 heteroatoms. The van der Waals surface area contributed by atoms with E-state index in [4.69, 9.17) is 21.1 Å². The van der Waals surface area contributed by atoms with Gasteiger partial charge < -0.3 is 25.2 Å². The number of aromatic hydroxyl groups is 1. The molecule has 36 heavy (non-hydrogen) atoms. The molecule has 8 nitrogen and oxygen atoms in total. The number of nitriles is 1. The molecule has 3 aromatic carbocycles. The number of amides is 2. The maximum absolute atomic E-state index is 12.5. The number of phenols is 1. The molecule has 0 bridgehead atoms. The minimum absolute atomic E-state index is 0.0529. The topological polar surface area (TPSA) is 121 Å². The molecular formula is C27H24ClN3O5. The summed E-state index contributed by atoms with van der Waals surface area (Å²) in [4.78, 5) is 24.9. The van der Waals surface area contributed by atoms with Gasteiger partial charge in [0.15, 0.2) is 18.1 Å². The molecule has 0 aliphatic heterocycles.